The van der Waals surface area contributed by atoms with Gasteiger partial charge >= 0.3 is 0 Å². The van der Waals surface area contributed by atoms with Gasteiger partial charge in [-0.2, -0.15) is 0 Å². The first kappa shape index (κ1) is 8.52. The number of nitrogens with one attached hydrogen (secondary N) is 1. The van der Waals surface area contributed by atoms with Gasteiger partial charge < -0.3 is 10.1 Å². The van der Waals surface area contributed by atoms with Crippen LogP contribution in [0.1, 0.15) is 38.5 Å². The molecule has 1 heterocycles. The monoisotopic (exact) mass is 169 g/mol. The van der Waals surface area contributed by atoms with Crippen molar-refractivity contribution in [3.05, 3.63) is 0 Å². The van der Waals surface area contributed by atoms with Crippen LogP contribution in [0.4, 0.5) is 0 Å². The molecule has 2 atom stereocenters. The standard InChI is InChI=1S/C10H19NO/c1-11-9-4-6-10(8-9)5-2-3-7-12-10/h9,11H,2-8H2,1H3. The first-order valence-corrected chi connectivity index (χ1v) is 5.16. The van der Waals surface area contributed by atoms with E-state index in [1.807, 2.05) is 0 Å². The number of hydrogen-bond acceptors (Lipinski definition) is 2. The summed E-state index contributed by atoms with van der Waals surface area (Å²) in [5.41, 5.74) is 0.284. The van der Waals surface area contributed by atoms with Gasteiger partial charge in [-0.15, -0.1) is 0 Å². The molecule has 0 amide bonds. The van der Waals surface area contributed by atoms with Crippen LogP contribution in [0.15, 0.2) is 0 Å². The topological polar surface area (TPSA) is 21.3 Å². The van der Waals surface area contributed by atoms with Gasteiger partial charge in [0.05, 0.1) is 5.60 Å². The fourth-order valence-electron chi connectivity index (χ4n) is 2.61. The van der Waals surface area contributed by atoms with Crippen molar-refractivity contribution in [3.8, 4) is 0 Å². The summed E-state index contributed by atoms with van der Waals surface area (Å²) < 4.78 is 5.92. The summed E-state index contributed by atoms with van der Waals surface area (Å²) in [4.78, 5) is 0. The Balaban J connectivity index is 1.94. The molecule has 2 fully saturated rings. The fraction of sp³-hybridized carbons (Fsp3) is 1.00. The van der Waals surface area contributed by atoms with Crippen LogP contribution in [-0.4, -0.2) is 25.3 Å². The minimum Gasteiger partial charge on any atom is -0.375 e. The number of ether oxygens (including phenoxy) is 1. The van der Waals surface area contributed by atoms with Crippen LogP contribution in [0.3, 0.4) is 0 Å². The lowest BCUT2D eigenvalue weighted by atomic mass is 9.92. The van der Waals surface area contributed by atoms with Crippen molar-refractivity contribution in [1.29, 1.82) is 0 Å². The Morgan fingerprint density at radius 2 is 2.25 bits per heavy atom. The van der Waals surface area contributed by atoms with Crippen LogP contribution in [-0.2, 0) is 4.74 Å². The zero-order chi connectivity index (χ0) is 8.44. The molecule has 2 aliphatic rings. The van der Waals surface area contributed by atoms with Crippen LogP contribution in [0, 0.1) is 0 Å². The van der Waals surface area contributed by atoms with Gasteiger partial charge in [0.2, 0.25) is 0 Å². The molecular weight excluding hydrogens is 150 g/mol. The van der Waals surface area contributed by atoms with Gasteiger partial charge in [0, 0.05) is 12.6 Å². The second-order valence-corrected chi connectivity index (χ2v) is 4.22. The summed E-state index contributed by atoms with van der Waals surface area (Å²) in [5.74, 6) is 0. The molecule has 70 valence electrons. The summed E-state index contributed by atoms with van der Waals surface area (Å²) in [6, 6.07) is 0.711. The molecule has 1 N–H and O–H groups in total. The van der Waals surface area contributed by atoms with E-state index in [9.17, 15) is 0 Å². The SMILES string of the molecule is CNC1CCC2(CCCCO2)C1. The van der Waals surface area contributed by atoms with Gasteiger partial charge in [0.25, 0.3) is 0 Å². The highest BCUT2D eigenvalue weighted by atomic mass is 16.5. The lowest BCUT2D eigenvalue weighted by Gasteiger charge is -2.33. The van der Waals surface area contributed by atoms with Gasteiger partial charge in [-0.1, -0.05) is 0 Å². The van der Waals surface area contributed by atoms with Gasteiger partial charge in [-0.05, 0) is 45.6 Å². The van der Waals surface area contributed by atoms with Crippen molar-refractivity contribution >= 4 is 0 Å². The van der Waals surface area contributed by atoms with E-state index < -0.39 is 0 Å². The van der Waals surface area contributed by atoms with Gasteiger partial charge in [-0.25, -0.2) is 0 Å². The Morgan fingerprint density at radius 3 is 2.83 bits per heavy atom. The van der Waals surface area contributed by atoms with Gasteiger partial charge in [0.1, 0.15) is 0 Å². The molecule has 1 aliphatic carbocycles. The van der Waals surface area contributed by atoms with Crippen LogP contribution < -0.4 is 5.32 Å². The molecule has 2 nitrogen and oxygen atoms in total. The molecule has 1 aliphatic heterocycles. The second-order valence-electron chi connectivity index (χ2n) is 4.22. The van der Waals surface area contributed by atoms with Crippen LogP contribution in [0.5, 0.6) is 0 Å². The highest BCUT2D eigenvalue weighted by Gasteiger charge is 2.40. The maximum atomic E-state index is 5.92. The van der Waals surface area contributed by atoms with Crippen molar-refractivity contribution in [2.45, 2.75) is 50.2 Å². The zero-order valence-electron chi connectivity index (χ0n) is 7.94. The number of rotatable bonds is 1. The molecule has 1 saturated carbocycles. The van der Waals surface area contributed by atoms with E-state index in [0.29, 0.717) is 6.04 Å². The Hall–Kier alpha value is -0.0800. The molecule has 2 heteroatoms. The average Bonchev–Trinajstić information content (AvgIpc) is 2.50. The molecule has 1 spiro atoms. The average molecular weight is 169 g/mol. The minimum absolute atomic E-state index is 0.284. The Morgan fingerprint density at radius 1 is 1.33 bits per heavy atom. The minimum atomic E-state index is 0.284. The van der Waals surface area contributed by atoms with Crippen molar-refractivity contribution in [3.63, 3.8) is 0 Å². The quantitative estimate of drug-likeness (QED) is 0.645. The highest BCUT2D eigenvalue weighted by Crippen LogP contribution is 2.39. The lowest BCUT2D eigenvalue weighted by Crippen LogP contribution is -2.35. The first-order chi connectivity index (χ1) is 5.85. The van der Waals surface area contributed by atoms with Crippen molar-refractivity contribution in [2.24, 2.45) is 0 Å². The van der Waals surface area contributed by atoms with Crippen molar-refractivity contribution < 1.29 is 4.74 Å². The predicted octanol–water partition coefficient (Wildman–Crippen LogP) is 1.70. The smallest absolute Gasteiger partial charge is 0.0698 e. The molecule has 0 radical (unpaired) electrons. The largest absolute Gasteiger partial charge is 0.375 e. The van der Waals surface area contributed by atoms with Crippen LogP contribution in [0.2, 0.25) is 0 Å². The maximum Gasteiger partial charge on any atom is 0.0698 e. The van der Waals surface area contributed by atoms with Gasteiger partial charge in [-0.3, -0.25) is 0 Å². The third-order valence-electron chi connectivity index (χ3n) is 3.41. The van der Waals surface area contributed by atoms with E-state index in [1.54, 1.807) is 0 Å². The second kappa shape index (κ2) is 3.35. The molecule has 0 aromatic carbocycles. The van der Waals surface area contributed by atoms with Crippen molar-refractivity contribution in [2.75, 3.05) is 13.7 Å². The third-order valence-corrected chi connectivity index (χ3v) is 3.41. The van der Waals surface area contributed by atoms with Crippen molar-refractivity contribution in [1.82, 2.24) is 5.32 Å². The normalized spacial score (nSPS) is 42.2. The molecule has 2 rings (SSSR count). The van der Waals surface area contributed by atoms with E-state index >= 15 is 0 Å². The molecule has 1 saturated heterocycles. The van der Waals surface area contributed by atoms with Crippen LogP contribution >= 0.6 is 0 Å². The van der Waals surface area contributed by atoms with Crippen LogP contribution in [0.25, 0.3) is 0 Å². The third kappa shape index (κ3) is 1.50. The molecule has 0 bridgehead atoms. The first-order valence-electron chi connectivity index (χ1n) is 5.16. The fourth-order valence-corrected chi connectivity index (χ4v) is 2.61. The summed E-state index contributed by atoms with van der Waals surface area (Å²) in [6.45, 7) is 0.996. The highest BCUT2D eigenvalue weighted by molar-refractivity contribution is 4.94. The molecule has 2 unspecified atom stereocenters. The maximum absolute atomic E-state index is 5.92. The summed E-state index contributed by atoms with van der Waals surface area (Å²) in [5, 5.41) is 3.36. The van der Waals surface area contributed by atoms with E-state index in [1.165, 1.54) is 38.5 Å². The molecule has 12 heavy (non-hydrogen) atoms. The molecular formula is C10H19NO. The molecule has 0 aromatic rings. The van der Waals surface area contributed by atoms with E-state index in [4.69, 9.17) is 4.74 Å². The zero-order valence-corrected chi connectivity index (χ0v) is 7.94. The van der Waals surface area contributed by atoms with E-state index in [-0.39, 0.29) is 5.60 Å². The van der Waals surface area contributed by atoms with E-state index in [2.05, 4.69) is 12.4 Å². The summed E-state index contributed by atoms with van der Waals surface area (Å²) >= 11 is 0. The van der Waals surface area contributed by atoms with Gasteiger partial charge in [0.15, 0.2) is 0 Å². The Bertz CT molecular complexity index is 152. The number of hydrogen-bond donors (Lipinski definition) is 1. The van der Waals surface area contributed by atoms with E-state index in [0.717, 1.165) is 6.61 Å². The molecule has 0 aromatic heterocycles. The Labute approximate surface area is 74.7 Å². The summed E-state index contributed by atoms with van der Waals surface area (Å²) in [6.07, 6.45) is 7.76. The summed E-state index contributed by atoms with van der Waals surface area (Å²) in [7, 11) is 2.06. The predicted molar refractivity (Wildman–Crippen MR) is 49.2 cm³/mol. The Kier molecular flexibility index (Phi) is 2.37. The lowest BCUT2D eigenvalue weighted by molar-refractivity contribution is -0.0740.